The van der Waals surface area contributed by atoms with Crippen molar-refractivity contribution in [1.29, 1.82) is 0 Å². The van der Waals surface area contributed by atoms with Crippen molar-refractivity contribution in [3.63, 3.8) is 0 Å². The maximum absolute atomic E-state index is 5.67. The second-order valence-corrected chi connectivity index (χ2v) is 4.51. The van der Waals surface area contributed by atoms with Gasteiger partial charge < -0.3 is 14.2 Å². The van der Waals surface area contributed by atoms with Crippen LogP contribution in [0.3, 0.4) is 0 Å². The Morgan fingerprint density at radius 1 is 1.00 bits per heavy atom. The van der Waals surface area contributed by atoms with Crippen LogP contribution in [0.4, 0.5) is 0 Å². The van der Waals surface area contributed by atoms with Gasteiger partial charge in [0.05, 0.1) is 12.8 Å². The molecule has 2 aliphatic heterocycles. The lowest BCUT2D eigenvalue weighted by atomic mass is 10.0. The SMILES string of the molecule is c1cc2c(cc1-c1cnnc3c1OCCO3)CCO2. The van der Waals surface area contributed by atoms with Gasteiger partial charge in [-0.15, -0.1) is 5.10 Å². The molecule has 0 aliphatic carbocycles. The van der Waals surface area contributed by atoms with Crippen molar-refractivity contribution in [1.82, 2.24) is 10.2 Å². The van der Waals surface area contributed by atoms with Crippen molar-refractivity contribution in [2.24, 2.45) is 0 Å². The van der Waals surface area contributed by atoms with Gasteiger partial charge >= 0.3 is 0 Å². The fourth-order valence-corrected chi connectivity index (χ4v) is 2.43. The van der Waals surface area contributed by atoms with Crippen molar-refractivity contribution >= 4 is 0 Å². The number of aromatic nitrogens is 2. The highest BCUT2D eigenvalue weighted by Crippen LogP contribution is 2.39. The number of hydrogen-bond acceptors (Lipinski definition) is 5. The molecule has 3 heterocycles. The highest BCUT2D eigenvalue weighted by Gasteiger charge is 2.20. The second kappa shape index (κ2) is 4.12. The number of rotatable bonds is 1. The summed E-state index contributed by atoms with van der Waals surface area (Å²) in [7, 11) is 0. The Morgan fingerprint density at radius 2 is 1.95 bits per heavy atom. The van der Waals surface area contributed by atoms with Gasteiger partial charge in [0.15, 0.2) is 5.75 Å². The van der Waals surface area contributed by atoms with Crippen LogP contribution in [0.5, 0.6) is 17.4 Å². The van der Waals surface area contributed by atoms with Gasteiger partial charge in [-0.25, -0.2) is 0 Å². The molecule has 0 unspecified atom stereocenters. The number of nitrogens with zero attached hydrogens (tertiary/aromatic N) is 2. The first-order valence-electron chi connectivity index (χ1n) is 6.29. The van der Waals surface area contributed by atoms with Gasteiger partial charge in [0.25, 0.3) is 5.88 Å². The highest BCUT2D eigenvalue weighted by atomic mass is 16.6. The Kier molecular flexibility index (Phi) is 2.30. The molecule has 19 heavy (non-hydrogen) atoms. The van der Waals surface area contributed by atoms with Crippen molar-refractivity contribution in [2.45, 2.75) is 6.42 Å². The summed E-state index contributed by atoms with van der Waals surface area (Å²) in [5.74, 6) is 2.12. The Hall–Kier alpha value is -2.30. The van der Waals surface area contributed by atoms with Gasteiger partial charge in [0.1, 0.15) is 19.0 Å². The van der Waals surface area contributed by atoms with E-state index in [-0.39, 0.29) is 0 Å². The van der Waals surface area contributed by atoms with Crippen LogP contribution < -0.4 is 14.2 Å². The lowest BCUT2D eigenvalue weighted by Crippen LogP contribution is -2.17. The first-order chi connectivity index (χ1) is 9.42. The molecule has 0 fully saturated rings. The van der Waals surface area contributed by atoms with Crippen LogP contribution in [0.1, 0.15) is 5.56 Å². The summed E-state index contributed by atoms with van der Waals surface area (Å²) >= 11 is 0. The van der Waals surface area contributed by atoms with Crippen LogP contribution in [0.25, 0.3) is 11.1 Å². The number of fused-ring (bicyclic) bond motifs is 2. The van der Waals surface area contributed by atoms with Gasteiger partial charge in [-0.05, 0) is 23.3 Å². The molecule has 2 aromatic rings. The lowest BCUT2D eigenvalue weighted by Gasteiger charge is -2.19. The maximum atomic E-state index is 5.67. The number of benzene rings is 1. The van der Waals surface area contributed by atoms with Gasteiger partial charge in [-0.1, -0.05) is 6.07 Å². The van der Waals surface area contributed by atoms with Crippen LogP contribution >= 0.6 is 0 Å². The minimum Gasteiger partial charge on any atom is -0.493 e. The molecule has 4 rings (SSSR count). The Bertz CT molecular complexity index is 643. The van der Waals surface area contributed by atoms with E-state index in [4.69, 9.17) is 14.2 Å². The van der Waals surface area contributed by atoms with Gasteiger partial charge in [0.2, 0.25) is 0 Å². The summed E-state index contributed by atoms with van der Waals surface area (Å²) in [5.41, 5.74) is 3.19. The Balaban J connectivity index is 1.84. The predicted octanol–water partition coefficient (Wildman–Crippen LogP) is 1.85. The van der Waals surface area contributed by atoms with Crippen LogP contribution in [0.15, 0.2) is 24.4 Å². The molecule has 0 atom stereocenters. The minimum atomic E-state index is 0.473. The molecule has 5 heteroatoms. The number of ether oxygens (including phenoxy) is 3. The van der Waals surface area contributed by atoms with Crippen molar-refractivity contribution in [3.8, 4) is 28.5 Å². The monoisotopic (exact) mass is 256 g/mol. The first kappa shape index (κ1) is 10.6. The molecule has 0 amide bonds. The summed E-state index contributed by atoms with van der Waals surface area (Å²) in [6.45, 7) is 1.81. The smallest absolute Gasteiger partial charge is 0.277 e. The summed E-state index contributed by atoms with van der Waals surface area (Å²) in [5, 5.41) is 7.94. The summed E-state index contributed by atoms with van der Waals surface area (Å²) < 4.78 is 16.6. The normalized spacial score (nSPS) is 15.8. The molecule has 0 spiro atoms. The van der Waals surface area contributed by atoms with Gasteiger partial charge in [-0.3, -0.25) is 0 Å². The number of hydrogen-bond donors (Lipinski definition) is 0. The first-order valence-corrected chi connectivity index (χ1v) is 6.29. The van der Waals surface area contributed by atoms with E-state index < -0.39 is 0 Å². The van der Waals surface area contributed by atoms with Crippen LogP contribution in [-0.4, -0.2) is 30.0 Å². The van der Waals surface area contributed by atoms with E-state index >= 15 is 0 Å². The molecule has 2 aliphatic rings. The fourth-order valence-electron chi connectivity index (χ4n) is 2.43. The van der Waals surface area contributed by atoms with E-state index in [1.54, 1.807) is 6.20 Å². The molecule has 0 saturated heterocycles. The average molecular weight is 256 g/mol. The van der Waals surface area contributed by atoms with Crippen molar-refractivity contribution < 1.29 is 14.2 Å². The molecule has 1 aromatic heterocycles. The molecule has 1 aromatic carbocycles. The van der Waals surface area contributed by atoms with Crippen LogP contribution in [0.2, 0.25) is 0 Å². The van der Waals surface area contributed by atoms with E-state index in [0.717, 1.165) is 29.9 Å². The maximum Gasteiger partial charge on any atom is 0.277 e. The van der Waals surface area contributed by atoms with Gasteiger partial charge in [-0.2, -0.15) is 5.10 Å². The van der Waals surface area contributed by atoms with E-state index in [9.17, 15) is 0 Å². The topological polar surface area (TPSA) is 53.5 Å². The van der Waals surface area contributed by atoms with Crippen LogP contribution in [0, 0.1) is 0 Å². The lowest BCUT2D eigenvalue weighted by molar-refractivity contribution is 0.163. The van der Waals surface area contributed by atoms with E-state index in [0.29, 0.717) is 24.8 Å². The standard InChI is InChI=1S/C14H12N2O3/c1-2-12-10(3-4-17-12)7-9(1)11-8-15-16-14-13(11)18-5-6-19-14/h1-2,7-8H,3-6H2. The van der Waals surface area contributed by atoms with Crippen molar-refractivity contribution in [2.75, 3.05) is 19.8 Å². The molecule has 96 valence electrons. The van der Waals surface area contributed by atoms with E-state index in [1.807, 2.05) is 12.1 Å². The largest absolute Gasteiger partial charge is 0.493 e. The molecule has 0 bridgehead atoms. The molecule has 0 saturated carbocycles. The molecular formula is C14H12N2O3. The summed E-state index contributed by atoms with van der Waals surface area (Å²) in [6.07, 6.45) is 2.66. The van der Waals surface area contributed by atoms with E-state index in [2.05, 4.69) is 16.3 Å². The minimum absolute atomic E-state index is 0.473. The Morgan fingerprint density at radius 3 is 2.95 bits per heavy atom. The average Bonchev–Trinajstić information content (AvgIpc) is 2.94. The molecule has 5 nitrogen and oxygen atoms in total. The third kappa shape index (κ3) is 1.69. The van der Waals surface area contributed by atoms with Crippen LogP contribution in [-0.2, 0) is 6.42 Å². The zero-order valence-electron chi connectivity index (χ0n) is 10.3. The summed E-state index contributed by atoms with van der Waals surface area (Å²) in [6, 6.07) is 6.13. The third-order valence-electron chi connectivity index (χ3n) is 3.34. The van der Waals surface area contributed by atoms with E-state index in [1.165, 1.54) is 5.56 Å². The Labute approximate surface area is 110 Å². The predicted molar refractivity (Wildman–Crippen MR) is 67.7 cm³/mol. The highest BCUT2D eigenvalue weighted by molar-refractivity contribution is 5.73. The molecule has 0 radical (unpaired) electrons. The molecular weight excluding hydrogens is 244 g/mol. The van der Waals surface area contributed by atoms with Gasteiger partial charge in [0, 0.05) is 12.0 Å². The third-order valence-corrected chi connectivity index (χ3v) is 3.34. The zero-order chi connectivity index (χ0) is 12.7. The molecule has 0 N–H and O–H groups in total. The van der Waals surface area contributed by atoms with Crippen molar-refractivity contribution in [3.05, 3.63) is 30.0 Å². The fraction of sp³-hybridized carbons (Fsp3) is 0.286. The quantitative estimate of drug-likeness (QED) is 0.779. The zero-order valence-corrected chi connectivity index (χ0v) is 10.3. The summed E-state index contributed by atoms with van der Waals surface area (Å²) in [4.78, 5) is 0. The second-order valence-electron chi connectivity index (χ2n) is 4.51.